The first-order valence-electron chi connectivity index (χ1n) is 9.03. The quantitative estimate of drug-likeness (QED) is 0.892. The molecule has 1 unspecified atom stereocenters. The van der Waals surface area contributed by atoms with E-state index in [9.17, 15) is 0 Å². The predicted octanol–water partition coefficient (Wildman–Crippen LogP) is 4.26. The molecule has 1 fully saturated rings. The van der Waals surface area contributed by atoms with Crippen LogP contribution in [0.25, 0.3) is 5.70 Å². The number of nitrogens with one attached hydrogen (secondary N) is 1. The number of para-hydroxylation sites is 1. The van der Waals surface area contributed by atoms with Crippen LogP contribution in [-0.2, 0) is 0 Å². The number of thioether (sulfide) groups is 1. The van der Waals surface area contributed by atoms with Crippen LogP contribution in [0.15, 0.2) is 59.6 Å². The molecule has 0 radical (unpaired) electrons. The van der Waals surface area contributed by atoms with Crippen LogP contribution in [0.3, 0.4) is 0 Å². The Morgan fingerprint density at radius 2 is 1.92 bits per heavy atom. The second kappa shape index (κ2) is 5.82. The first-order valence-corrected chi connectivity index (χ1v) is 9.91. The third-order valence-corrected chi connectivity index (χ3v) is 6.88. The lowest BCUT2D eigenvalue weighted by Gasteiger charge is -2.45. The molecule has 4 heteroatoms. The summed E-state index contributed by atoms with van der Waals surface area (Å²) >= 11 is 1.98. The first-order chi connectivity index (χ1) is 12.2. The van der Waals surface area contributed by atoms with Gasteiger partial charge in [0, 0.05) is 23.2 Å². The van der Waals surface area contributed by atoms with Gasteiger partial charge in [-0.3, -0.25) is 0 Å². The molecular weight excluding hydrogens is 326 g/mol. The fourth-order valence-electron chi connectivity index (χ4n) is 4.16. The minimum absolute atomic E-state index is 0.357. The number of hydrogen-bond donors (Lipinski definition) is 1. The second-order valence-corrected chi connectivity index (χ2v) is 8.32. The summed E-state index contributed by atoms with van der Waals surface area (Å²) < 4.78 is 0. The molecule has 0 aromatic heterocycles. The van der Waals surface area contributed by atoms with Crippen molar-refractivity contribution in [3.05, 3.63) is 65.9 Å². The molecule has 1 aliphatic carbocycles. The van der Waals surface area contributed by atoms with Crippen molar-refractivity contribution in [2.45, 2.75) is 42.2 Å². The van der Waals surface area contributed by atoms with Gasteiger partial charge in [-0.1, -0.05) is 47.7 Å². The highest BCUT2D eigenvalue weighted by Crippen LogP contribution is 2.52. The van der Waals surface area contributed by atoms with Gasteiger partial charge in [0.15, 0.2) is 5.50 Å². The highest BCUT2D eigenvalue weighted by atomic mass is 32.2. The highest BCUT2D eigenvalue weighted by Gasteiger charge is 2.46. The number of aryl methyl sites for hydroxylation is 1. The summed E-state index contributed by atoms with van der Waals surface area (Å²) in [6.07, 6.45) is 4.81. The molecule has 0 amide bonds. The van der Waals surface area contributed by atoms with E-state index in [0.29, 0.717) is 17.6 Å². The van der Waals surface area contributed by atoms with E-state index in [-0.39, 0.29) is 0 Å². The summed E-state index contributed by atoms with van der Waals surface area (Å²) in [6.45, 7) is 2.18. The standard InChI is InChI=1S/C21H23N3S/c1-14-6-5-7-15(10-14)19-13-23-18-8-3-4-9-20(18)25-21(23)24(19)17-11-16(12-17)22-2/h3-10,13,16-17,21-22H,11-12H2,1-2H3. The molecule has 0 bridgehead atoms. The van der Waals surface area contributed by atoms with E-state index in [4.69, 9.17) is 0 Å². The lowest BCUT2D eigenvalue weighted by Crippen LogP contribution is -2.53. The normalized spacial score (nSPS) is 27.0. The second-order valence-electron chi connectivity index (χ2n) is 7.22. The minimum Gasteiger partial charge on any atom is -0.337 e. The van der Waals surface area contributed by atoms with Crippen LogP contribution < -0.4 is 10.2 Å². The highest BCUT2D eigenvalue weighted by molar-refractivity contribution is 8.00. The zero-order chi connectivity index (χ0) is 17.0. The molecule has 2 aromatic carbocycles. The largest absolute Gasteiger partial charge is 0.337 e. The fourth-order valence-corrected chi connectivity index (χ4v) is 5.52. The zero-order valence-electron chi connectivity index (χ0n) is 14.6. The molecule has 1 atom stereocenters. The maximum Gasteiger partial charge on any atom is 0.159 e. The molecule has 0 saturated heterocycles. The molecule has 3 nitrogen and oxygen atoms in total. The van der Waals surface area contributed by atoms with Crippen LogP contribution in [0.1, 0.15) is 24.0 Å². The SMILES string of the molecule is CNC1CC(N2C(c3cccc(C)c3)=CN3c4ccccc4SC32)C1. The molecule has 2 aromatic rings. The summed E-state index contributed by atoms with van der Waals surface area (Å²) in [5, 5.41) is 3.43. The lowest BCUT2D eigenvalue weighted by molar-refractivity contribution is 0.155. The molecular formula is C21H23N3S. The van der Waals surface area contributed by atoms with Crippen LogP contribution in [0.2, 0.25) is 0 Å². The van der Waals surface area contributed by atoms with Crippen molar-refractivity contribution in [1.29, 1.82) is 0 Å². The van der Waals surface area contributed by atoms with Crippen molar-refractivity contribution in [2.24, 2.45) is 0 Å². The third kappa shape index (κ3) is 2.39. The monoisotopic (exact) mass is 349 g/mol. The smallest absolute Gasteiger partial charge is 0.159 e. The van der Waals surface area contributed by atoms with Gasteiger partial charge in [0.05, 0.1) is 11.4 Å². The average Bonchev–Trinajstić information content (AvgIpc) is 3.11. The van der Waals surface area contributed by atoms with Gasteiger partial charge in [0.1, 0.15) is 0 Å². The van der Waals surface area contributed by atoms with Crippen LogP contribution in [0.5, 0.6) is 0 Å². The van der Waals surface area contributed by atoms with Crippen molar-refractivity contribution in [3.63, 3.8) is 0 Å². The number of benzene rings is 2. The number of hydrogen-bond acceptors (Lipinski definition) is 4. The number of nitrogens with zero attached hydrogens (tertiary/aromatic N) is 2. The Morgan fingerprint density at radius 3 is 2.72 bits per heavy atom. The van der Waals surface area contributed by atoms with Gasteiger partial charge in [0.2, 0.25) is 0 Å². The number of rotatable bonds is 3. The van der Waals surface area contributed by atoms with E-state index in [1.54, 1.807) is 0 Å². The Morgan fingerprint density at radius 1 is 1.08 bits per heavy atom. The Hall–Kier alpha value is -1.91. The fraction of sp³-hybridized carbons (Fsp3) is 0.333. The zero-order valence-corrected chi connectivity index (χ0v) is 15.5. The van der Waals surface area contributed by atoms with Crippen molar-refractivity contribution >= 4 is 23.1 Å². The molecule has 0 spiro atoms. The number of fused-ring (bicyclic) bond motifs is 3. The van der Waals surface area contributed by atoms with Crippen LogP contribution in [0, 0.1) is 6.92 Å². The maximum atomic E-state index is 3.43. The van der Waals surface area contributed by atoms with Crippen molar-refractivity contribution < 1.29 is 0 Å². The van der Waals surface area contributed by atoms with Gasteiger partial charge < -0.3 is 15.1 Å². The molecule has 5 rings (SSSR count). The van der Waals surface area contributed by atoms with E-state index >= 15 is 0 Å². The van der Waals surface area contributed by atoms with Gasteiger partial charge in [0.25, 0.3) is 0 Å². The summed E-state index contributed by atoms with van der Waals surface area (Å²) in [5.41, 5.74) is 5.72. The van der Waals surface area contributed by atoms with Gasteiger partial charge in [-0.15, -0.1) is 0 Å². The topological polar surface area (TPSA) is 18.5 Å². The Kier molecular flexibility index (Phi) is 3.57. The average molecular weight is 350 g/mol. The molecule has 2 heterocycles. The Bertz CT molecular complexity index is 841. The molecule has 1 N–H and O–H groups in total. The minimum atomic E-state index is 0.357. The predicted molar refractivity (Wildman–Crippen MR) is 105 cm³/mol. The molecule has 1 saturated carbocycles. The van der Waals surface area contributed by atoms with E-state index in [0.717, 1.165) is 0 Å². The number of anilines is 1. The van der Waals surface area contributed by atoms with Crippen LogP contribution in [0.4, 0.5) is 5.69 Å². The summed E-state index contributed by atoms with van der Waals surface area (Å²) in [7, 11) is 2.08. The third-order valence-electron chi connectivity index (χ3n) is 5.62. The molecule has 3 aliphatic rings. The first kappa shape index (κ1) is 15.4. The Labute approximate surface area is 153 Å². The van der Waals surface area contributed by atoms with Gasteiger partial charge in [-0.25, -0.2) is 0 Å². The van der Waals surface area contributed by atoms with E-state index in [1.807, 2.05) is 11.8 Å². The van der Waals surface area contributed by atoms with Crippen molar-refractivity contribution in [1.82, 2.24) is 10.2 Å². The van der Waals surface area contributed by atoms with Gasteiger partial charge >= 0.3 is 0 Å². The van der Waals surface area contributed by atoms with E-state index in [1.165, 1.54) is 40.2 Å². The van der Waals surface area contributed by atoms with Gasteiger partial charge in [-0.2, -0.15) is 0 Å². The lowest BCUT2D eigenvalue weighted by atomic mass is 9.85. The Balaban J connectivity index is 1.55. The molecule has 2 aliphatic heterocycles. The molecule has 128 valence electrons. The van der Waals surface area contributed by atoms with Gasteiger partial charge in [-0.05, 0) is 50.6 Å². The summed E-state index contributed by atoms with van der Waals surface area (Å²) in [5.74, 6) is 0. The molecule has 25 heavy (non-hydrogen) atoms. The van der Waals surface area contributed by atoms with Crippen molar-refractivity contribution in [3.8, 4) is 0 Å². The van der Waals surface area contributed by atoms with Crippen molar-refractivity contribution in [2.75, 3.05) is 11.9 Å². The van der Waals surface area contributed by atoms with E-state index in [2.05, 4.69) is 83.8 Å². The van der Waals surface area contributed by atoms with Crippen LogP contribution >= 0.6 is 11.8 Å². The van der Waals surface area contributed by atoms with Crippen LogP contribution in [-0.4, -0.2) is 29.5 Å². The maximum absolute atomic E-state index is 3.43. The van der Waals surface area contributed by atoms with E-state index < -0.39 is 0 Å². The summed E-state index contributed by atoms with van der Waals surface area (Å²) in [6, 6.07) is 19.0. The summed E-state index contributed by atoms with van der Waals surface area (Å²) in [4.78, 5) is 6.51.